The number of amides is 1. The fourth-order valence-corrected chi connectivity index (χ4v) is 2.29. The molecule has 2 aliphatic rings. The minimum atomic E-state index is -1.16. The lowest BCUT2D eigenvalue weighted by Gasteiger charge is -2.33. The van der Waals surface area contributed by atoms with Gasteiger partial charge in [0.1, 0.15) is 5.54 Å². The largest absolute Gasteiger partial charge is 0.480 e. The molecular weight excluding hydrogens is 238 g/mol. The third kappa shape index (κ3) is 2.64. The van der Waals surface area contributed by atoms with Gasteiger partial charge in [-0.3, -0.25) is 4.79 Å². The zero-order chi connectivity index (χ0) is 13.2. The second-order valence-electron chi connectivity index (χ2n) is 4.82. The first-order valence-corrected chi connectivity index (χ1v) is 6.34. The van der Waals surface area contributed by atoms with Gasteiger partial charge >= 0.3 is 5.97 Å². The number of hydrogen-bond donors (Lipinski definition) is 2. The SMILES string of the molecule is CCOC1CC1C(=O)NC1(C(=O)O)CCOCC1. The standard InChI is InChI=1S/C12H19NO5/c1-2-18-9-7-8(9)10(14)13-12(11(15)16)3-5-17-6-4-12/h8-9H,2-7H2,1H3,(H,13,14)(H,15,16). The van der Waals surface area contributed by atoms with E-state index in [1.54, 1.807) is 0 Å². The van der Waals surface area contributed by atoms with Crippen LogP contribution in [0.25, 0.3) is 0 Å². The van der Waals surface area contributed by atoms with Crippen LogP contribution in [-0.2, 0) is 19.1 Å². The highest BCUT2D eigenvalue weighted by atomic mass is 16.5. The van der Waals surface area contributed by atoms with Crippen LogP contribution in [0.5, 0.6) is 0 Å². The molecule has 0 spiro atoms. The minimum absolute atomic E-state index is 0.0410. The van der Waals surface area contributed by atoms with E-state index in [0.29, 0.717) is 39.1 Å². The van der Waals surface area contributed by atoms with Crippen molar-refractivity contribution < 1.29 is 24.2 Å². The smallest absolute Gasteiger partial charge is 0.329 e. The lowest BCUT2D eigenvalue weighted by Crippen LogP contribution is -2.58. The molecule has 1 amide bonds. The van der Waals surface area contributed by atoms with Gasteiger partial charge in [-0.15, -0.1) is 0 Å². The lowest BCUT2D eigenvalue weighted by atomic mass is 9.90. The van der Waals surface area contributed by atoms with Gasteiger partial charge in [-0.25, -0.2) is 4.79 Å². The Hall–Kier alpha value is -1.14. The summed E-state index contributed by atoms with van der Waals surface area (Å²) in [7, 11) is 0. The van der Waals surface area contributed by atoms with Crippen LogP contribution in [0.2, 0.25) is 0 Å². The molecule has 0 aromatic carbocycles. The van der Waals surface area contributed by atoms with Crippen molar-refractivity contribution in [2.24, 2.45) is 5.92 Å². The normalized spacial score (nSPS) is 29.6. The summed E-state index contributed by atoms with van der Waals surface area (Å²) in [6.45, 7) is 3.19. The number of carbonyl (C=O) groups excluding carboxylic acids is 1. The van der Waals surface area contributed by atoms with Gasteiger partial charge in [0.25, 0.3) is 0 Å². The molecule has 1 saturated heterocycles. The molecule has 102 valence electrons. The molecule has 2 rings (SSSR count). The lowest BCUT2D eigenvalue weighted by molar-refractivity contribution is -0.152. The van der Waals surface area contributed by atoms with E-state index in [1.165, 1.54) is 0 Å². The van der Waals surface area contributed by atoms with Gasteiger partial charge < -0.3 is 19.9 Å². The zero-order valence-electron chi connectivity index (χ0n) is 10.5. The Morgan fingerprint density at radius 2 is 2.11 bits per heavy atom. The van der Waals surface area contributed by atoms with Crippen LogP contribution >= 0.6 is 0 Å². The van der Waals surface area contributed by atoms with Crippen LogP contribution in [-0.4, -0.2) is 48.4 Å². The van der Waals surface area contributed by atoms with Crippen molar-refractivity contribution in [1.82, 2.24) is 5.32 Å². The third-order valence-corrected chi connectivity index (χ3v) is 3.57. The average Bonchev–Trinajstić information content (AvgIpc) is 3.10. The second kappa shape index (κ2) is 5.24. The highest BCUT2D eigenvalue weighted by Gasteiger charge is 2.49. The van der Waals surface area contributed by atoms with Crippen molar-refractivity contribution in [1.29, 1.82) is 0 Å². The molecule has 2 unspecified atom stereocenters. The van der Waals surface area contributed by atoms with E-state index >= 15 is 0 Å². The van der Waals surface area contributed by atoms with Crippen molar-refractivity contribution in [3.05, 3.63) is 0 Å². The molecule has 2 fully saturated rings. The fraction of sp³-hybridized carbons (Fsp3) is 0.833. The average molecular weight is 257 g/mol. The maximum Gasteiger partial charge on any atom is 0.329 e. The van der Waals surface area contributed by atoms with E-state index in [9.17, 15) is 14.7 Å². The number of carbonyl (C=O) groups is 2. The molecule has 0 aromatic rings. The van der Waals surface area contributed by atoms with E-state index in [4.69, 9.17) is 9.47 Å². The Balaban J connectivity index is 1.93. The molecule has 2 atom stereocenters. The Bertz CT molecular complexity index is 337. The third-order valence-electron chi connectivity index (χ3n) is 3.57. The molecule has 2 N–H and O–H groups in total. The molecule has 1 aliphatic carbocycles. The van der Waals surface area contributed by atoms with Gasteiger partial charge in [-0.1, -0.05) is 0 Å². The number of carboxylic acid groups (broad SMARTS) is 1. The first kappa shape index (κ1) is 13.3. The van der Waals surface area contributed by atoms with Crippen molar-refractivity contribution >= 4 is 11.9 Å². The molecule has 0 radical (unpaired) electrons. The van der Waals surface area contributed by atoms with Gasteiger partial charge in [0.15, 0.2) is 0 Å². The Labute approximate surface area is 106 Å². The second-order valence-corrected chi connectivity index (χ2v) is 4.82. The van der Waals surface area contributed by atoms with Gasteiger partial charge in [0.2, 0.25) is 5.91 Å². The van der Waals surface area contributed by atoms with Crippen molar-refractivity contribution in [2.75, 3.05) is 19.8 Å². The molecule has 6 nitrogen and oxygen atoms in total. The maximum atomic E-state index is 12.0. The van der Waals surface area contributed by atoms with E-state index in [0.717, 1.165) is 0 Å². The van der Waals surface area contributed by atoms with Gasteiger partial charge in [0, 0.05) is 32.7 Å². The molecule has 18 heavy (non-hydrogen) atoms. The number of hydrogen-bond acceptors (Lipinski definition) is 4. The summed E-state index contributed by atoms with van der Waals surface area (Å²) >= 11 is 0. The van der Waals surface area contributed by atoms with E-state index in [2.05, 4.69) is 5.32 Å². The monoisotopic (exact) mass is 257 g/mol. The molecule has 6 heteroatoms. The molecule has 0 aromatic heterocycles. The highest BCUT2D eigenvalue weighted by molar-refractivity contribution is 5.89. The summed E-state index contributed by atoms with van der Waals surface area (Å²) in [5, 5.41) is 12.0. The predicted molar refractivity (Wildman–Crippen MR) is 62.1 cm³/mol. The Kier molecular flexibility index (Phi) is 3.87. The van der Waals surface area contributed by atoms with E-state index in [1.807, 2.05) is 6.92 Å². The van der Waals surface area contributed by atoms with Crippen molar-refractivity contribution in [2.45, 2.75) is 37.8 Å². The van der Waals surface area contributed by atoms with Crippen LogP contribution in [0.15, 0.2) is 0 Å². The minimum Gasteiger partial charge on any atom is -0.480 e. The van der Waals surface area contributed by atoms with Gasteiger partial charge in [0.05, 0.1) is 12.0 Å². The number of ether oxygens (including phenoxy) is 2. The van der Waals surface area contributed by atoms with Crippen LogP contribution in [0, 0.1) is 5.92 Å². The Morgan fingerprint density at radius 3 is 2.67 bits per heavy atom. The number of rotatable bonds is 5. The molecule has 1 heterocycles. The topological polar surface area (TPSA) is 84.9 Å². The Morgan fingerprint density at radius 1 is 1.44 bits per heavy atom. The van der Waals surface area contributed by atoms with E-state index < -0.39 is 11.5 Å². The van der Waals surface area contributed by atoms with Crippen molar-refractivity contribution in [3.8, 4) is 0 Å². The number of nitrogens with one attached hydrogen (secondary N) is 1. The summed E-state index contributed by atoms with van der Waals surface area (Å²) < 4.78 is 10.5. The van der Waals surface area contributed by atoms with E-state index in [-0.39, 0.29) is 17.9 Å². The summed E-state index contributed by atoms with van der Waals surface area (Å²) in [5.74, 6) is -1.38. The van der Waals surface area contributed by atoms with Gasteiger partial charge in [-0.05, 0) is 13.3 Å². The maximum absolute atomic E-state index is 12.0. The summed E-state index contributed by atoms with van der Waals surface area (Å²) in [6, 6.07) is 0. The summed E-state index contributed by atoms with van der Waals surface area (Å²) in [4.78, 5) is 23.3. The highest BCUT2D eigenvalue weighted by Crippen LogP contribution is 2.35. The predicted octanol–water partition coefficient (Wildman–Crippen LogP) is 0.161. The first-order chi connectivity index (χ1) is 8.59. The quantitative estimate of drug-likeness (QED) is 0.733. The van der Waals surface area contributed by atoms with Crippen LogP contribution in [0.3, 0.4) is 0 Å². The molecule has 1 aliphatic heterocycles. The molecule has 0 bridgehead atoms. The zero-order valence-corrected chi connectivity index (χ0v) is 10.5. The summed E-state index contributed by atoms with van der Waals surface area (Å²) in [6.07, 6.45) is 1.28. The number of aliphatic carboxylic acids is 1. The van der Waals surface area contributed by atoms with Crippen LogP contribution in [0.4, 0.5) is 0 Å². The van der Waals surface area contributed by atoms with Crippen molar-refractivity contribution in [3.63, 3.8) is 0 Å². The fourth-order valence-electron chi connectivity index (χ4n) is 2.29. The number of carboxylic acids is 1. The molecular formula is C12H19NO5. The first-order valence-electron chi connectivity index (χ1n) is 6.34. The van der Waals surface area contributed by atoms with Crippen LogP contribution in [0.1, 0.15) is 26.2 Å². The molecule has 1 saturated carbocycles. The summed E-state index contributed by atoms with van der Waals surface area (Å²) in [5.41, 5.74) is -1.16. The van der Waals surface area contributed by atoms with Crippen LogP contribution < -0.4 is 5.32 Å². The van der Waals surface area contributed by atoms with Gasteiger partial charge in [-0.2, -0.15) is 0 Å².